The van der Waals surface area contributed by atoms with E-state index in [1.54, 1.807) is 6.07 Å². The molecule has 0 spiro atoms. The molecule has 0 aromatic heterocycles. The summed E-state index contributed by atoms with van der Waals surface area (Å²) >= 11 is 5.10. The number of carbonyl (C=O) groups is 1. The van der Waals surface area contributed by atoms with Gasteiger partial charge in [0.15, 0.2) is 0 Å². The predicted octanol–water partition coefficient (Wildman–Crippen LogP) is 2.62. The summed E-state index contributed by atoms with van der Waals surface area (Å²) in [7, 11) is 0. The first-order valence-electron chi connectivity index (χ1n) is 3.18. The van der Waals surface area contributed by atoms with Crippen molar-refractivity contribution in [3.63, 3.8) is 0 Å². The number of hydrogen-bond acceptors (Lipinski definition) is 2. The molecule has 0 aliphatic heterocycles. The molecule has 3 nitrogen and oxygen atoms in total. The minimum atomic E-state index is -1.03. The van der Waals surface area contributed by atoms with Crippen LogP contribution in [0.1, 0.15) is 15.9 Å². The summed E-state index contributed by atoms with van der Waals surface area (Å²) in [6.45, 7) is 0. The number of nitrogens with zero attached hydrogens (tertiary/aromatic N) is 1. The molecule has 5 heteroatoms. The maximum atomic E-state index is 10.7. The molecule has 13 heavy (non-hydrogen) atoms. The van der Waals surface area contributed by atoms with E-state index in [1.165, 1.54) is 6.07 Å². The number of aromatic carboxylic acids is 1. The fraction of sp³-hybridized carbons (Fsp3) is 0. The van der Waals surface area contributed by atoms with Crippen LogP contribution in [0.25, 0.3) is 0 Å². The van der Waals surface area contributed by atoms with Crippen LogP contribution >= 0.6 is 38.5 Å². The van der Waals surface area contributed by atoms with Crippen molar-refractivity contribution in [2.75, 3.05) is 0 Å². The van der Waals surface area contributed by atoms with Gasteiger partial charge < -0.3 is 5.11 Å². The van der Waals surface area contributed by atoms with E-state index in [0.717, 1.165) is 0 Å². The average molecular weight is 352 g/mol. The van der Waals surface area contributed by atoms with Crippen LogP contribution < -0.4 is 0 Å². The van der Waals surface area contributed by atoms with E-state index in [-0.39, 0.29) is 5.56 Å². The van der Waals surface area contributed by atoms with E-state index in [2.05, 4.69) is 15.9 Å². The molecule has 0 heterocycles. The maximum absolute atomic E-state index is 10.7. The SMILES string of the molecule is N#Cc1cc(Br)c(I)c(C(=O)O)c1. The van der Waals surface area contributed by atoms with E-state index in [0.29, 0.717) is 13.6 Å². The Morgan fingerprint density at radius 1 is 1.62 bits per heavy atom. The highest BCUT2D eigenvalue weighted by Crippen LogP contribution is 2.24. The zero-order valence-electron chi connectivity index (χ0n) is 6.21. The molecule has 0 saturated heterocycles. The second kappa shape index (κ2) is 4.07. The molecule has 1 aromatic carbocycles. The Morgan fingerprint density at radius 2 is 2.23 bits per heavy atom. The lowest BCUT2D eigenvalue weighted by Gasteiger charge is -2.01. The predicted molar refractivity (Wildman–Crippen MR) is 58.5 cm³/mol. The van der Waals surface area contributed by atoms with Gasteiger partial charge in [-0.3, -0.25) is 0 Å². The summed E-state index contributed by atoms with van der Waals surface area (Å²) in [6, 6.07) is 4.84. The number of nitriles is 1. The lowest BCUT2D eigenvalue weighted by atomic mass is 10.1. The Kier molecular flexibility index (Phi) is 3.27. The summed E-state index contributed by atoms with van der Waals surface area (Å²) in [6.07, 6.45) is 0. The van der Waals surface area contributed by atoms with Crippen molar-refractivity contribution in [3.8, 4) is 6.07 Å². The fourth-order valence-corrected chi connectivity index (χ4v) is 1.81. The molecule has 0 aliphatic rings. The lowest BCUT2D eigenvalue weighted by molar-refractivity contribution is 0.0695. The van der Waals surface area contributed by atoms with Gasteiger partial charge in [0.05, 0.1) is 17.2 Å². The van der Waals surface area contributed by atoms with Crippen LogP contribution in [-0.2, 0) is 0 Å². The molecule has 66 valence electrons. The Labute approximate surface area is 96.6 Å². The van der Waals surface area contributed by atoms with Crippen LogP contribution in [0.3, 0.4) is 0 Å². The number of hydrogen-bond donors (Lipinski definition) is 1. The first-order chi connectivity index (χ1) is 6.06. The van der Waals surface area contributed by atoms with Crippen molar-refractivity contribution in [3.05, 3.63) is 31.3 Å². The molecule has 0 fully saturated rings. The Morgan fingerprint density at radius 3 is 2.69 bits per heavy atom. The van der Waals surface area contributed by atoms with Crippen molar-refractivity contribution >= 4 is 44.5 Å². The second-order valence-corrected chi connectivity index (χ2v) is 4.17. The first kappa shape index (κ1) is 10.5. The molecule has 0 amide bonds. The van der Waals surface area contributed by atoms with Crippen molar-refractivity contribution in [1.82, 2.24) is 0 Å². The Hall–Kier alpha value is -0.610. The smallest absolute Gasteiger partial charge is 0.336 e. The van der Waals surface area contributed by atoms with Crippen LogP contribution in [-0.4, -0.2) is 11.1 Å². The highest BCUT2D eigenvalue weighted by atomic mass is 127. The van der Waals surface area contributed by atoms with Gasteiger partial charge in [-0.05, 0) is 50.7 Å². The summed E-state index contributed by atoms with van der Waals surface area (Å²) in [5, 5.41) is 17.4. The minimum Gasteiger partial charge on any atom is -0.478 e. The van der Waals surface area contributed by atoms with Crippen molar-refractivity contribution in [2.45, 2.75) is 0 Å². The second-order valence-electron chi connectivity index (χ2n) is 2.24. The standard InChI is InChI=1S/C8H3BrINO2/c9-6-2-4(3-11)1-5(7(6)10)8(12)13/h1-2H,(H,12,13). The zero-order chi connectivity index (χ0) is 10.0. The molecule has 0 saturated carbocycles. The van der Waals surface area contributed by atoms with Crippen molar-refractivity contribution in [1.29, 1.82) is 5.26 Å². The van der Waals surface area contributed by atoms with E-state index in [9.17, 15) is 4.79 Å². The molecular weight excluding hydrogens is 349 g/mol. The van der Waals surface area contributed by atoms with Gasteiger partial charge in [-0.1, -0.05) is 0 Å². The molecule has 1 N–H and O–H groups in total. The maximum Gasteiger partial charge on any atom is 0.336 e. The Bertz CT molecular complexity index is 411. The van der Waals surface area contributed by atoms with Crippen molar-refractivity contribution in [2.24, 2.45) is 0 Å². The quantitative estimate of drug-likeness (QED) is 0.791. The monoisotopic (exact) mass is 351 g/mol. The molecule has 1 aromatic rings. The van der Waals surface area contributed by atoms with Gasteiger partial charge in [0.25, 0.3) is 0 Å². The summed E-state index contributed by atoms with van der Waals surface area (Å²) in [4.78, 5) is 10.7. The molecule has 0 bridgehead atoms. The van der Waals surface area contributed by atoms with Gasteiger partial charge in [-0.2, -0.15) is 5.26 Å². The largest absolute Gasteiger partial charge is 0.478 e. The number of carboxylic acids is 1. The lowest BCUT2D eigenvalue weighted by Crippen LogP contribution is -2.00. The topological polar surface area (TPSA) is 61.1 Å². The molecular formula is C8H3BrINO2. The van der Waals surface area contributed by atoms with Gasteiger partial charge in [0, 0.05) is 8.04 Å². The van der Waals surface area contributed by atoms with Gasteiger partial charge in [0.1, 0.15) is 0 Å². The van der Waals surface area contributed by atoms with Crippen LogP contribution in [0, 0.1) is 14.9 Å². The van der Waals surface area contributed by atoms with Crippen LogP contribution in [0.5, 0.6) is 0 Å². The van der Waals surface area contributed by atoms with Crippen LogP contribution in [0.15, 0.2) is 16.6 Å². The molecule has 0 aliphatic carbocycles. The van der Waals surface area contributed by atoms with E-state index in [1.807, 2.05) is 28.7 Å². The number of benzene rings is 1. The number of rotatable bonds is 1. The Balaban J connectivity index is 3.44. The molecule has 0 atom stereocenters. The summed E-state index contributed by atoms with van der Waals surface area (Å²) in [5.41, 5.74) is 0.483. The number of carboxylic acid groups (broad SMARTS) is 1. The van der Waals surface area contributed by atoms with Gasteiger partial charge >= 0.3 is 5.97 Å². The molecule has 0 unspecified atom stereocenters. The third-order valence-electron chi connectivity index (χ3n) is 1.39. The van der Waals surface area contributed by atoms with Crippen LogP contribution in [0.4, 0.5) is 0 Å². The minimum absolute atomic E-state index is 0.145. The average Bonchev–Trinajstić information content (AvgIpc) is 2.09. The zero-order valence-corrected chi connectivity index (χ0v) is 9.96. The van der Waals surface area contributed by atoms with E-state index in [4.69, 9.17) is 10.4 Å². The van der Waals surface area contributed by atoms with Crippen molar-refractivity contribution < 1.29 is 9.90 Å². The van der Waals surface area contributed by atoms with Gasteiger partial charge in [0.2, 0.25) is 0 Å². The third kappa shape index (κ3) is 2.19. The summed E-state index contributed by atoms with van der Waals surface area (Å²) < 4.78 is 1.23. The summed E-state index contributed by atoms with van der Waals surface area (Å²) in [5.74, 6) is -1.03. The molecule has 1 rings (SSSR count). The first-order valence-corrected chi connectivity index (χ1v) is 5.06. The number of halogens is 2. The normalized spacial score (nSPS) is 9.31. The van der Waals surface area contributed by atoms with E-state index < -0.39 is 5.97 Å². The molecule has 0 radical (unpaired) electrons. The van der Waals surface area contributed by atoms with Gasteiger partial charge in [-0.25, -0.2) is 4.79 Å². The van der Waals surface area contributed by atoms with Crippen LogP contribution in [0.2, 0.25) is 0 Å². The third-order valence-corrected chi connectivity index (χ3v) is 3.92. The van der Waals surface area contributed by atoms with Gasteiger partial charge in [-0.15, -0.1) is 0 Å². The van der Waals surface area contributed by atoms with E-state index >= 15 is 0 Å². The fourth-order valence-electron chi connectivity index (χ4n) is 0.809. The highest BCUT2D eigenvalue weighted by molar-refractivity contribution is 14.1. The highest BCUT2D eigenvalue weighted by Gasteiger charge is 2.12.